The molecule has 0 atom stereocenters. The number of fused-ring (bicyclic) bond motifs is 1. The number of rotatable bonds is 6. The number of anilines is 1. The predicted octanol–water partition coefficient (Wildman–Crippen LogP) is 3.46. The summed E-state index contributed by atoms with van der Waals surface area (Å²) in [6.07, 6.45) is 5.41. The minimum Gasteiger partial charge on any atom is -0.369 e. The van der Waals surface area contributed by atoms with Crippen LogP contribution in [0.5, 0.6) is 0 Å². The van der Waals surface area contributed by atoms with Gasteiger partial charge in [-0.3, -0.25) is 0 Å². The molecule has 0 aliphatic heterocycles. The summed E-state index contributed by atoms with van der Waals surface area (Å²) in [5, 5.41) is 8.86. The Balaban J connectivity index is 1.56. The standard InChI is InChI=1S/C18H18N6S/c1-2-14-11-20-17(25-14)8-9-19-16-10-15(13-6-4-3-5-7-13)23-18-21-12-22-24(16)18/h3-7,10-12,19H,2,8-9H2,1H3. The second-order valence-corrected chi connectivity index (χ2v) is 6.81. The monoisotopic (exact) mass is 350 g/mol. The normalized spacial score (nSPS) is 11.1. The molecule has 126 valence electrons. The van der Waals surface area contributed by atoms with Crippen LogP contribution in [-0.2, 0) is 12.8 Å². The first kappa shape index (κ1) is 15.7. The Morgan fingerprint density at radius 3 is 2.84 bits per heavy atom. The van der Waals surface area contributed by atoms with Crippen LogP contribution in [0, 0.1) is 0 Å². The van der Waals surface area contributed by atoms with Crippen LogP contribution >= 0.6 is 11.3 Å². The molecule has 7 heteroatoms. The van der Waals surface area contributed by atoms with E-state index in [0.717, 1.165) is 41.5 Å². The van der Waals surface area contributed by atoms with Gasteiger partial charge in [0.15, 0.2) is 0 Å². The van der Waals surface area contributed by atoms with Gasteiger partial charge in [0.1, 0.15) is 12.1 Å². The fourth-order valence-electron chi connectivity index (χ4n) is 2.62. The summed E-state index contributed by atoms with van der Waals surface area (Å²) >= 11 is 1.78. The molecule has 0 amide bonds. The largest absolute Gasteiger partial charge is 0.369 e. The van der Waals surface area contributed by atoms with Crippen LogP contribution in [0.2, 0.25) is 0 Å². The number of benzene rings is 1. The van der Waals surface area contributed by atoms with Crippen LogP contribution in [0.4, 0.5) is 5.82 Å². The third-order valence-corrected chi connectivity index (χ3v) is 5.12. The highest BCUT2D eigenvalue weighted by molar-refractivity contribution is 7.11. The van der Waals surface area contributed by atoms with Crippen molar-refractivity contribution < 1.29 is 0 Å². The predicted molar refractivity (Wildman–Crippen MR) is 99.9 cm³/mol. The van der Waals surface area contributed by atoms with Gasteiger partial charge in [-0.25, -0.2) is 9.97 Å². The Kier molecular flexibility index (Phi) is 4.39. The van der Waals surface area contributed by atoms with Crippen molar-refractivity contribution in [2.75, 3.05) is 11.9 Å². The molecule has 0 aliphatic carbocycles. The van der Waals surface area contributed by atoms with Gasteiger partial charge >= 0.3 is 0 Å². The summed E-state index contributed by atoms with van der Waals surface area (Å²) in [5.41, 5.74) is 1.94. The fourth-order valence-corrected chi connectivity index (χ4v) is 3.48. The number of aromatic nitrogens is 5. The highest BCUT2D eigenvalue weighted by Crippen LogP contribution is 2.21. The maximum absolute atomic E-state index is 4.59. The molecule has 3 heterocycles. The van der Waals surface area contributed by atoms with Gasteiger partial charge in [0.2, 0.25) is 0 Å². The van der Waals surface area contributed by atoms with E-state index < -0.39 is 0 Å². The molecule has 4 aromatic rings. The molecular weight excluding hydrogens is 332 g/mol. The van der Waals surface area contributed by atoms with Gasteiger partial charge in [-0.2, -0.15) is 14.6 Å². The van der Waals surface area contributed by atoms with Gasteiger partial charge in [0.25, 0.3) is 5.78 Å². The molecule has 0 bridgehead atoms. The van der Waals surface area contributed by atoms with Crippen molar-refractivity contribution in [2.24, 2.45) is 0 Å². The van der Waals surface area contributed by atoms with Crippen LogP contribution in [0.1, 0.15) is 16.8 Å². The van der Waals surface area contributed by atoms with Crippen LogP contribution < -0.4 is 5.32 Å². The molecule has 0 saturated heterocycles. The Labute approximate surface area is 149 Å². The average molecular weight is 350 g/mol. The first-order valence-electron chi connectivity index (χ1n) is 8.27. The number of hydrogen-bond donors (Lipinski definition) is 1. The van der Waals surface area contributed by atoms with E-state index in [9.17, 15) is 0 Å². The zero-order chi connectivity index (χ0) is 17.1. The van der Waals surface area contributed by atoms with E-state index in [1.165, 1.54) is 11.2 Å². The molecular formula is C18H18N6S. The van der Waals surface area contributed by atoms with E-state index in [2.05, 4.69) is 32.3 Å². The van der Waals surface area contributed by atoms with Crippen LogP contribution in [0.15, 0.2) is 48.9 Å². The van der Waals surface area contributed by atoms with E-state index in [4.69, 9.17) is 0 Å². The maximum Gasteiger partial charge on any atom is 0.254 e. The molecule has 25 heavy (non-hydrogen) atoms. The number of nitrogens with zero attached hydrogens (tertiary/aromatic N) is 5. The van der Waals surface area contributed by atoms with E-state index >= 15 is 0 Å². The summed E-state index contributed by atoms with van der Waals surface area (Å²) in [6.45, 7) is 2.93. The van der Waals surface area contributed by atoms with E-state index in [0.29, 0.717) is 5.78 Å². The summed E-state index contributed by atoms with van der Waals surface area (Å²) in [6, 6.07) is 12.1. The number of thiazole rings is 1. The zero-order valence-electron chi connectivity index (χ0n) is 13.9. The second-order valence-electron chi connectivity index (χ2n) is 5.62. The Bertz CT molecular complexity index is 976. The Hall–Kier alpha value is -2.80. The molecule has 0 radical (unpaired) electrons. The Morgan fingerprint density at radius 1 is 1.16 bits per heavy atom. The molecule has 1 aromatic carbocycles. The van der Waals surface area contributed by atoms with Crippen molar-refractivity contribution in [3.63, 3.8) is 0 Å². The quantitative estimate of drug-likeness (QED) is 0.577. The molecule has 6 nitrogen and oxygen atoms in total. The summed E-state index contributed by atoms with van der Waals surface area (Å²) in [5.74, 6) is 1.47. The average Bonchev–Trinajstić information content (AvgIpc) is 3.31. The van der Waals surface area contributed by atoms with E-state index in [1.807, 2.05) is 42.6 Å². The molecule has 0 saturated carbocycles. The number of aryl methyl sites for hydroxylation is 1. The molecule has 3 aromatic heterocycles. The van der Waals surface area contributed by atoms with Gasteiger partial charge in [-0.15, -0.1) is 11.3 Å². The van der Waals surface area contributed by atoms with Gasteiger partial charge < -0.3 is 5.32 Å². The molecule has 0 unspecified atom stereocenters. The topological polar surface area (TPSA) is 68.0 Å². The SMILES string of the molecule is CCc1cnc(CCNc2cc(-c3ccccc3)nc3ncnn23)s1. The highest BCUT2D eigenvalue weighted by atomic mass is 32.1. The second kappa shape index (κ2) is 6.98. The lowest BCUT2D eigenvalue weighted by Crippen LogP contribution is -2.10. The lowest BCUT2D eigenvalue weighted by Gasteiger charge is -2.09. The summed E-state index contributed by atoms with van der Waals surface area (Å²) in [4.78, 5) is 14.6. The zero-order valence-corrected chi connectivity index (χ0v) is 14.7. The van der Waals surface area contributed by atoms with E-state index in [-0.39, 0.29) is 0 Å². The Morgan fingerprint density at radius 2 is 2.04 bits per heavy atom. The van der Waals surface area contributed by atoms with Crippen molar-refractivity contribution in [3.8, 4) is 11.3 Å². The minimum absolute atomic E-state index is 0.589. The van der Waals surface area contributed by atoms with Gasteiger partial charge in [0, 0.05) is 35.7 Å². The number of nitrogens with one attached hydrogen (secondary N) is 1. The van der Waals surface area contributed by atoms with E-state index in [1.54, 1.807) is 15.9 Å². The van der Waals surface area contributed by atoms with Gasteiger partial charge in [0.05, 0.1) is 10.7 Å². The summed E-state index contributed by atoms with van der Waals surface area (Å²) < 4.78 is 1.73. The first-order chi connectivity index (χ1) is 12.3. The number of hydrogen-bond acceptors (Lipinski definition) is 6. The molecule has 0 aliphatic rings. The third kappa shape index (κ3) is 3.36. The lowest BCUT2D eigenvalue weighted by molar-refractivity contribution is 0.911. The fraction of sp³-hybridized carbons (Fsp3) is 0.222. The van der Waals surface area contributed by atoms with Crippen LogP contribution in [0.25, 0.3) is 17.0 Å². The van der Waals surface area contributed by atoms with Gasteiger partial charge in [-0.05, 0) is 6.42 Å². The van der Waals surface area contributed by atoms with Crippen LogP contribution in [-0.4, -0.2) is 31.1 Å². The molecule has 0 spiro atoms. The van der Waals surface area contributed by atoms with Crippen molar-refractivity contribution >= 4 is 22.9 Å². The summed E-state index contributed by atoms with van der Waals surface area (Å²) in [7, 11) is 0. The maximum atomic E-state index is 4.59. The minimum atomic E-state index is 0.589. The smallest absolute Gasteiger partial charge is 0.254 e. The first-order valence-corrected chi connectivity index (χ1v) is 9.09. The molecule has 4 rings (SSSR count). The van der Waals surface area contributed by atoms with Crippen molar-refractivity contribution in [1.82, 2.24) is 24.6 Å². The van der Waals surface area contributed by atoms with Crippen molar-refractivity contribution in [1.29, 1.82) is 0 Å². The highest BCUT2D eigenvalue weighted by Gasteiger charge is 2.09. The van der Waals surface area contributed by atoms with Gasteiger partial charge in [-0.1, -0.05) is 37.3 Å². The van der Waals surface area contributed by atoms with Crippen LogP contribution in [0.3, 0.4) is 0 Å². The molecule has 1 N–H and O–H groups in total. The third-order valence-electron chi connectivity index (χ3n) is 3.92. The lowest BCUT2D eigenvalue weighted by atomic mass is 10.1. The molecule has 0 fully saturated rings. The van der Waals surface area contributed by atoms with Crippen molar-refractivity contribution in [3.05, 3.63) is 58.8 Å². The van der Waals surface area contributed by atoms with Crippen molar-refractivity contribution in [2.45, 2.75) is 19.8 Å².